The third-order valence-corrected chi connectivity index (χ3v) is 3.72. The van der Waals surface area contributed by atoms with Crippen LogP contribution in [0.1, 0.15) is 26.5 Å². The molecule has 0 aliphatic rings. The lowest BCUT2D eigenvalue weighted by Gasteiger charge is -2.08. The van der Waals surface area contributed by atoms with Crippen molar-refractivity contribution in [3.8, 4) is 0 Å². The molecule has 7 nitrogen and oxygen atoms in total. The van der Waals surface area contributed by atoms with Crippen LogP contribution < -0.4 is 10.6 Å². The fourth-order valence-electron chi connectivity index (χ4n) is 2.37. The number of amides is 1. The zero-order valence-corrected chi connectivity index (χ0v) is 14.7. The summed E-state index contributed by atoms with van der Waals surface area (Å²) < 4.78 is 4.71. The second-order valence-electron chi connectivity index (χ2n) is 5.63. The van der Waals surface area contributed by atoms with Crippen LogP contribution >= 0.6 is 0 Å². The van der Waals surface area contributed by atoms with Gasteiger partial charge in [-0.3, -0.25) is 9.78 Å². The summed E-state index contributed by atoms with van der Waals surface area (Å²) in [4.78, 5) is 32.1. The molecule has 27 heavy (non-hydrogen) atoms. The van der Waals surface area contributed by atoms with Gasteiger partial charge in [0.25, 0.3) is 5.91 Å². The maximum absolute atomic E-state index is 12.2. The van der Waals surface area contributed by atoms with Crippen molar-refractivity contribution < 1.29 is 14.3 Å². The standard InChI is InChI=1S/C20H18N4O3/c1-27-20(26)14-5-4-7-15(11-14)24-17-8-9-18(22-13-17)19(25)23-12-16-6-2-3-10-21-16/h2-11,13,24H,12H2,1H3,(H,23,25). The summed E-state index contributed by atoms with van der Waals surface area (Å²) in [5.41, 5.74) is 2.93. The molecule has 0 radical (unpaired) electrons. The van der Waals surface area contributed by atoms with Crippen LogP contribution in [0.2, 0.25) is 0 Å². The molecule has 0 unspecified atom stereocenters. The third kappa shape index (κ3) is 4.88. The molecule has 0 spiro atoms. The molecular weight excluding hydrogens is 344 g/mol. The molecular formula is C20H18N4O3. The zero-order valence-electron chi connectivity index (χ0n) is 14.7. The molecule has 0 atom stereocenters. The number of anilines is 2. The number of esters is 1. The monoisotopic (exact) mass is 362 g/mol. The molecule has 0 bridgehead atoms. The predicted octanol–water partition coefficient (Wildman–Crippen LogP) is 2.94. The summed E-state index contributed by atoms with van der Waals surface area (Å²) in [6, 6.07) is 15.8. The van der Waals surface area contributed by atoms with E-state index in [0.29, 0.717) is 29.2 Å². The van der Waals surface area contributed by atoms with E-state index >= 15 is 0 Å². The molecule has 0 fully saturated rings. The van der Waals surface area contributed by atoms with Crippen LogP contribution in [0.3, 0.4) is 0 Å². The van der Waals surface area contributed by atoms with Gasteiger partial charge in [0.05, 0.1) is 36.8 Å². The number of nitrogens with one attached hydrogen (secondary N) is 2. The Morgan fingerprint density at radius 2 is 1.89 bits per heavy atom. The van der Waals surface area contributed by atoms with Gasteiger partial charge in [0, 0.05) is 11.9 Å². The highest BCUT2D eigenvalue weighted by Gasteiger charge is 2.08. The van der Waals surface area contributed by atoms with Crippen molar-refractivity contribution in [1.82, 2.24) is 15.3 Å². The minimum Gasteiger partial charge on any atom is -0.465 e. The first kappa shape index (κ1) is 18.1. The summed E-state index contributed by atoms with van der Waals surface area (Å²) in [5, 5.41) is 5.91. The lowest BCUT2D eigenvalue weighted by Crippen LogP contribution is -2.24. The maximum Gasteiger partial charge on any atom is 0.337 e. The van der Waals surface area contributed by atoms with Crippen LogP contribution in [0.15, 0.2) is 67.0 Å². The highest BCUT2D eigenvalue weighted by molar-refractivity contribution is 5.92. The molecule has 0 aliphatic carbocycles. The number of benzene rings is 1. The van der Waals surface area contributed by atoms with E-state index in [9.17, 15) is 9.59 Å². The van der Waals surface area contributed by atoms with E-state index in [-0.39, 0.29) is 5.91 Å². The number of carbonyl (C=O) groups excluding carboxylic acids is 2. The zero-order chi connectivity index (χ0) is 19.1. The fourth-order valence-corrected chi connectivity index (χ4v) is 2.37. The van der Waals surface area contributed by atoms with Gasteiger partial charge in [-0.25, -0.2) is 9.78 Å². The normalized spacial score (nSPS) is 10.1. The Bertz CT molecular complexity index is 927. The minimum absolute atomic E-state index is 0.278. The average molecular weight is 362 g/mol. The summed E-state index contributed by atoms with van der Waals surface area (Å²) in [6.07, 6.45) is 3.23. The van der Waals surface area contributed by atoms with Gasteiger partial charge in [-0.1, -0.05) is 12.1 Å². The maximum atomic E-state index is 12.2. The van der Waals surface area contributed by atoms with Crippen LogP contribution in [0.25, 0.3) is 0 Å². The van der Waals surface area contributed by atoms with Gasteiger partial charge in [-0.15, -0.1) is 0 Å². The van der Waals surface area contributed by atoms with Crippen molar-refractivity contribution in [1.29, 1.82) is 0 Å². The van der Waals surface area contributed by atoms with Crippen LogP contribution in [0.5, 0.6) is 0 Å². The fraction of sp³-hybridized carbons (Fsp3) is 0.100. The van der Waals surface area contributed by atoms with Crippen LogP contribution in [-0.4, -0.2) is 29.0 Å². The molecule has 1 aromatic carbocycles. The van der Waals surface area contributed by atoms with Gasteiger partial charge in [-0.05, 0) is 42.5 Å². The van der Waals surface area contributed by atoms with Gasteiger partial charge in [-0.2, -0.15) is 0 Å². The van der Waals surface area contributed by atoms with Gasteiger partial charge in [0.2, 0.25) is 0 Å². The Balaban J connectivity index is 1.61. The summed E-state index contributed by atoms with van der Waals surface area (Å²) in [5.74, 6) is -0.684. The van der Waals surface area contributed by atoms with Crippen molar-refractivity contribution in [2.24, 2.45) is 0 Å². The molecule has 0 saturated heterocycles. The average Bonchev–Trinajstić information content (AvgIpc) is 2.73. The van der Waals surface area contributed by atoms with E-state index in [2.05, 4.69) is 20.6 Å². The van der Waals surface area contributed by atoms with Gasteiger partial charge in [0.15, 0.2) is 0 Å². The minimum atomic E-state index is -0.406. The highest BCUT2D eigenvalue weighted by atomic mass is 16.5. The highest BCUT2D eigenvalue weighted by Crippen LogP contribution is 2.17. The Hall–Kier alpha value is -3.74. The van der Waals surface area contributed by atoms with Crippen molar-refractivity contribution in [2.45, 2.75) is 6.54 Å². The van der Waals surface area contributed by atoms with Crippen LogP contribution in [-0.2, 0) is 11.3 Å². The smallest absolute Gasteiger partial charge is 0.337 e. The number of hydrogen-bond donors (Lipinski definition) is 2. The number of ether oxygens (including phenoxy) is 1. The van der Waals surface area contributed by atoms with Gasteiger partial charge in [0.1, 0.15) is 5.69 Å². The summed E-state index contributed by atoms with van der Waals surface area (Å²) >= 11 is 0. The first-order valence-corrected chi connectivity index (χ1v) is 8.25. The van der Waals surface area contributed by atoms with Gasteiger partial charge >= 0.3 is 5.97 Å². The summed E-state index contributed by atoms with van der Waals surface area (Å²) in [7, 11) is 1.34. The Morgan fingerprint density at radius 1 is 1.00 bits per heavy atom. The molecule has 3 aromatic rings. The van der Waals surface area contributed by atoms with E-state index in [0.717, 1.165) is 5.69 Å². The van der Waals surface area contributed by atoms with E-state index < -0.39 is 5.97 Å². The van der Waals surface area contributed by atoms with Crippen molar-refractivity contribution in [3.05, 3.63) is 83.9 Å². The molecule has 1 amide bonds. The largest absolute Gasteiger partial charge is 0.465 e. The molecule has 136 valence electrons. The Kier molecular flexibility index (Phi) is 5.73. The van der Waals surface area contributed by atoms with Crippen LogP contribution in [0, 0.1) is 0 Å². The SMILES string of the molecule is COC(=O)c1cccc(Nc2ccc(C(=O)NCc3ccccn3)nc2)c1. The molecule has 2 aromatic heterocycles. The van der Waals surface area contributed by atoms with Crippen molar-refractivity contribution in [2.75, 3.05) is 12.4 Å². The first-order valence-electron chi connectivity index (χ1n) is 8.25. The number of hydrogen-bond acceptors (Lipinski definition) is 6. The van der Waals surface area contributed by atoms with Crippen molar-refractivity contribution >= 4 is 23.3 Å². The Morgan fingerprint density at radius 3 is 2.59 bits per heavy atom. The van der Waals surface area contributed by atoms with Gasteiger partial charge < -0.3 is 15.4 Å². The number of methoxy groups -OCH3 is 1. The Labute approximate surface area is 156 Å². The third-order valence-electron chi connectivity index (χ3n) is 3.72. The molecule has 7 heteroatoms. The number of carbonyl (C=O) groups is 2. The number of pyridine rings is 2. The van der Waals surface area contributed by atoms with Crippen molar-refractivity contribution in [3.63, 3.8) is 0 Å². The van der Waals surface area contributed by atoms with E-state index in [1.165, 1.54) is 7.11 Å². The molecule has 0 aliphatic heterocycles. The molecule has 0 saturated carbocycles. The first-order chi connectivity index (χ1) is 13.2. The number of aromatic nitrogens is 2. The predicted molar refractivity (Wildman–Crippen MR) is 101 cm³/mol. The number of nitrogens with zero attached hydrogens (tertiary/aromatic N) is 2. The molecule has 2 N–H and O–H groups in total. The van der Waals surface area contributed by atoms with E-state index in [1.54, 1.807) is 42.7 Å². The topological polar surface area (TPSA) is 93.2 Å². The molecule has 3 rings (SSSR count). The van der Waals surface area contributed by atoms with E-state index in [1.807, 2.05) is 24.3 Å². The van der Waals surface area contributed by atoms with E-state index in [4.69, 9.17) is 4.74 Å². The quantitative estimate of drug-likeness (QED) is 0.655. The number of rotatable bonds is 6. The lowest BCUT2D eigenvalue weighted by atomic mass is 10.2. The second kappa shape index (κ2) is 8.57. The second-order valence-corrected chi connectivity index (χ2v) is 5.63. The van der Waals surface area contributed by atoms with Crippen LogP contribution in [0.4, 0.5) is 11.4 Å². The summed E-state index contributed by atoms with van der Waals surface area (Å²) in [6.45, 7) is 0.335. The lowest BCUT2D eigenvalue weighted by molar-refractivity contribution is 0.0600. The molecule has 2 heterocycles.